The van der Waals surface area contributed by atoms with Crippen molar-refractivity contribution in [2.45, 2.75) is 244 Å². The van der Waals surface area contributed by atoms with E-state index in [9.17, 15) is 19.4 Å². The van der Waals surface area contributed by atoms with Gasteiger partial charge < -0.3 is 19.8 Å². The molecule has 3 atom stereocenters. The number of phosphoric acid groups is 1. The van der Waals surface area contributed by atoms with Crippen molar-refractivity contribution in [2.75, 3.05) is 40.9 Å². The minimum absolute atomic E-state index is 0.0598. The predicted octanol–water partition coefficient (Wildman–Crippen LogP) is 15.2. The summed E-state index contributed by atoms with van der Waals surface area (Å²) in [7, 11) is 1.57. The maximum atomic E-state index is 12.9. The number of aliphatic hydroxyl groups is 1. The Balaban J connectivity index is 4.26. The molecule has 364 valence electrons. The van der Waals surface area contributed by atoms with E-state index in [1.54, 1.807) is 6.08 Å². The van der Waals surface area contributed by atoms with Crippen LogP contribution in [0.25, 0.3) is 0 Å². The topological polar surface area (TPSA) is 105 Å². The molecule has 1 amide bonds. The highest BCUT2D eigenvalue weighted by atomic mass is 31.2. The number of phosphoric ester groups is 1. The fourth-order valence-electron chi connectivity index (χ4n) is 7.40. The van der Waals surface area contributed by atoms with Crippen LogP contribution >= 0.6 is 7.82 Å². The molecule has 3 N–H and O–H groups in total. The van der Waals surface area contributed by atoms with Gasteiger partial charge >= 0.3 is 7.82 Å². The van der Waals surface area contributed by atoms with Crippen LogP contribution in [0.5, 0.6) is 0 Å². The predicted molar refractivity (Wildman–Crippen MR) is 267 cm³/mol. The highest BCUT2D eigenvalue weighted by molar-refractivity contribution is 7.47. The summed E-state index contributed by atoms with van der Waals surface area (Å²) < 4.78 is 23.6. The number of rotatable bonds is 47. The van der Waals surface area contributed by atoms with Gasteiger partial charge in [-0.25, -0.2) is 4.57 Å². The second kappa shape index (κ2) is 44.7. The molecule has 62 heavy (non-hydrogen) atoms. The van der Waals surface area contributed by atoms with Crippen LogP contribution in [0.3, 0.4) is 0 Å². The lowest BCUT2D eigenvalue weighted by Gasteiger charge is -2.25. The molecule has 0 bridgehead atoms. The molecule has 8 nitrogen and oxygen atoms in total. The first-order chi connectivity index (χ1) is 30.0. The SMILES string of the molecule is CCCCCCC/C=C\C/C=C\C/C=C\CCCCCCCCCCCCC(=O)NC(COP(=O)(O)OCC[N+](C)(C)C)C(O)/C=C/CCCCCCCCCCCCCCC. The number of aliphatic hydroxyl groups excluding tert-OH is 1. The molecule has 0 rings (SSSR count). The third-order valence-corrected chi connectivity index (χ3v) is 12.5. The Morgan fingerprint density at radius 3 is 1.34 bits per heavy atom. The summed E-state index contributed by atoms with van der Waals surface area (Å²) in [5.74, 6) is -0.181. The minimum Gasteiger partial charge on any atom is -0.387 e. The highest BCUT2D eigenvalue weighted by Gasteiger charge is 2.27. The van der Waals surface area contributed by atoms with Gasteiger partial charge in [0.1, 0.15) is 13.2 Å². The molecule has 9 heteroatoms. The molecule has 0 aromatic heterocycles. The summed E-state index contributed by atoms with van der Waals surface area (Å²) in [4.78, 5) is 23.2. The van der Waals surface area contributed by atoms with E-state index in [1.165, 1.54) is 161 Å². The Morgan fingerprint density at radius 1 is 0.548 bits per heavy atom. The van der Waals surface area contributed by atoms with Crippen LogP contribution < -0.4 is 5.32 Å². The van der Waals surface area contributed by atoms with Crippen molar-refractivity contribution in [1.29, 1.82) is 0 Å². The monoisotopic (exact) mass is 894 g/mol. The van der Waals surface area contributed by atoms with Crippen molar-refractivity contribution in [3.63, 3.8) is 0 Å². The van der Waals surface area contributed by atoms with E-state index in [-0.39, 0.29) is 19.1 Å². The molecule has 0 radical (unpaired) electrons. The number of quaternary nitrogens is 1. The molecule has 0 saturated heterocycles. The van der Waals surface area contributed by atoms with Crippen LogP contribution in [0.15, 0.2) is 48.6 Å². The van der Waals surface area contributed by atoms with Crippen molar-refractivity contribution in [1.82, 2.24) is 5.32 Å². The summed E-state index contributed by atoms with van der Waals surface area (Å²) in [6, 6.07) is -0.849. The van der Waals surface area contributed by atoms with Crippen LogP contribution in [-0.2, 0) is 18.4 Å². The van der Waals surface area contributed by atoms with Gasteiger partial charge in [0, 0.05) is 6.42 Å². The lowest BCUT2D eigenvalue weighted by Crippen LogP contribution is -2.45. The van der Waals surface area contributed by atoms with Crippen LogP contribution in [0.4, 0.5) is 0 Å². The fourth-order valence-corrected chi connectivity index (χ4v) is 8.14. The molecule has 3 unspecified atom stereocenters. The zero-order valence-electron chi connectivity index (χ0n) is 41.4. The Labute approximate surface area is 384 Å². The second-order valence-electron chi connectivity index (χ2n) is 18.9. The van der Waals surface area contributed by atoms with E-state index < -0.39 is 20.0 Å². The van der Waals surface area contributed by atoms with Crippen LogP contribution in [0.2, 0.25) is 0 Å². The van der Waals surface area contributed by atoms with Gasteiger partial charge in [-0.15, -0.1) is 0 Å². The van der Waals surface area contributed by atoms with Gasteiger partial charge in [0.2, 0.25) is 5.91 Å². The van der Waals surface area contributed by atoms with E-state index in [4.69, 9.17) is 9.05 Å². The smallest absolute Gasteiger partial charge is 0.387 e. The number of unbranched alkanes of at least 4 members (excludes halogenated alkanes) is 28. The molecule has 0 aromatic carbocycles. The van der Waals surface area contributed by atoms with Crippen molar-refractivity contribution in [3.05, 3.63) is 48.6 Å². The van der Waals surface area contributed by atoms with Crippen LogP contribution in [0, 0.1) is 0 Å². The number of amides is 1. The molecule has 0 heterocycles. The summed E-state index contributed by atoms with van der Waals surface area (Å²) in [5.41, 5.74) is 0. The number of hydrogen-bond acceptors (Lipinski definition) is 5. The average molecular weight is 894 g/mol. The van der Waals surface area contributed by atoms with E-state index in [1.807, 2.05) is 27.2 Å². The first-order valence-electron chi connectivity index (χ1n) is 26.0. The molecule has 0 aliphatic heterocycles. The zero-order valence-corrected chi connectivity index (χ0v) is 42.3. The molecular formula is C53H102N2O6P+. The Hall–Kier alpha value is -1.54. The minimum atomic E-state index is -4.34. The quantitative estimate of drug-likeness (QED) is 0.0243. The van der Waals surface area contributed by atoms with Gasteiger partial charge in [-0.1, -0.05) is 217 Å². The maximum Gasteiger partial charge on any atom is 0.472 e. The molecule has 0 aliphatic rings. The second-order valence-corrected chi connectivity index (χ2v) is 20.4. The van der Waals surface area contributed by atoms with Crippen molar-refractivity contribution in [2.24, 2.45) is 0 Å². The van der Waals surface area contributed by atoms with Crippen LogP contribution in [-0.4, -0.2) is 73.4 Å². The van der Waals surface area contributed by atoms with E-state index in [2.05, 4.69) is 55.6 Å². The Morgan fingerprint density at radius 2 is 0.919 bits per heavy atom. The fraction of sp³-hybridized carbons (Fsp3) is 0.830. The summed E-state index contributed by atoms with van der Waals surface area (Å²) in [6.45, 7) is 4.81. The molecule has 0 aromatic rings. The summed E-state index contributed by atoms with van der Waals surface area (Å²) in [6.07, 6.45) is 57.6. The van der Waals surface area contributed by atoms with Crippen molar-refractivity contribution < 1.29 is 32.9 Å². The Kier molecular flexibility index (Phi) is 43.5. The number of carbonyl (C=O) groups is 1. The zero-order chi connectivity index (χ0) is 45.7. The standard InChI is InChI=1S/C53H101N2O6P/c1-6-8-10-12-14-16-18-20-22-23-24-25-26-27-28-29-30-31-33-35-37-39-41-43-45-47-53(57)54-51(50-61-62(58,59)60-49-48-55(3,4)5)52(56)46-44-42-40-38-36-34-32-21-19-17-15-13-11-9-7-2/h18,20,23-24,26-27,44,46,51-52,56H,6-17,19,21-22,25,28-43,45,47-50H2,1-5H3,(H-,54,57,58,59)/p+1/b20-18-,24-23-,27-26-,46-44+. The van der Waals surface area contributed by atoms with Crippen molar-refractivity contribution in [3.8, 4) is 0 Å². The van der Waals surface area contributed by atoms with Gasteiger partial charge in [0.15, 0.2) is 0 Å². The molecule has 0 saturated carbocycles. The number of nitrogens with one attached hydrogen (secondary N) is 1. The Bertz CT molecular complexity index is 1150. The van der Waals surface area contributed by atoms with E-state index >= 15 is 0 Å². The van der Waals surface area contributed by atoms with Gasteiger partial charge in [-0.2, -0.15) is 0 Å². The normalized spacial score (nSPS) is 14.5. The number of nitrogens with zero attached hydrogens (tertiary/aromatic N) is 1. The number of hydrogen-bond donors (Lipinski definition) is 3. The number of allylic oxidation sites excluding steroid dienone is 7. The first kappa shape index (κ1) is 60.5. The van der Waals surface area contributed by atoms with Crippen molar-refractivity contribution >= 4 is 13.7 Å². The molecule has 0 spiro atoms. The van der Waals surface area contributed by atoms with Gasteiger partial charge in [0.05, 0.1) is 39.9 Å². The lowest BCUT2D eigenvalue weighted by molar-refractivity contribution is -0.870. The first-order valence-corrected chi connectivity index (χ1v) is 27.5. The summed E-state index contributed by atoms with van der Waals surface area (Å²) in [5, 5.41) is 13.9. The van der Waals surface area contributed by atoms with Gasteiger partial charge in [0.25, 0.3) is 0 Å². The van der Waals surface area contributed by atoms with E-state index in [0.29, 0.717) is 17.4 Å². The average Bonchev–Trinajstić information content (AvgIpc) is 3.23. The number of carbonyl (C=O) groups excluding carboxylic acids is 1. The number of likely N-dealkylation sites (N-methyl/N-ethyl adjacent to an activating group) is 1. The van der Waals surface area contributed by atoms with Crippen LogP contribution in [0.1, 0.15) is 232 Å². The third-order valence-electron chi connectivity index (χ3n) is 11.5. The highest BCUT2D eigenvalue weighted by Crippen LogP contribution is 2.43. The molecule has 0 fully saturated rings. The third kappa shape index (κ3) is 46.5. The summed E-state index contributed by atoms with van der Waals surface area (Å²) >= 11 is 0. The maximum absolute atomic E-state index is 12.9. The van der Waals surface area contributed by atoms with E-state index in [0.717, 1.165) is 51.4 Å². The van der Waals surface area contributed by atoms with Gasteiger partial charge in [-0.3, -0.25) is 13.8 Å². The largest absolute Gasteiger partial charge is 0.472 e. The molecular weight excluding hydrogens is 792 g/mol. The lowest BCUT2D eigenvalue weighted by atomic mass is 10.0. The molecule has 0 aliphatic carbocycles. The van der Waals surface area contributed by atoms with Gasteiger partial charge in [-0.05, 0) is 57.8 Å².